The van der Waals surface area contributed by atoms with Crippen LogP contribution in [0.1, 0.15) is 63.5 Å². The van der Waals surface area contributed by atoms with Crippen LogP contribution in [0.15, 0.2) is 18.2 Å². The lowest BCUT2D eigenvalue weighted by atomic mass is 10.0. The van der Waals surface area contributed by atoms with Gasteiger partial charge in [0, 0.05) is 6.42 Å². The highest BCUT2D eigenvalue weighted by Gasteiger charge is 2.19. The minimum Gasteiger partial charge on any atom is -0.463 e. The van der Waals surface area contributed by atoms with Crippen LogP contribution >= 0.6 is 0 Å². The van der Waals surface area contributed by atoms with Crippen LogP contribution in [0.3, 0.4) is 0 Å². The average molecular weight is 308 g/mol. The molecule has 0 aliphatic heterocycles. The molecule has 0 heterocycles. The maximum absolute atomic E-state index is 12.3. The second-order valence-corrected chi connectivity index (χ2v) is 6.27. The fourth-order valence-electron chi connectivity index (χ4n) is 2.78. The molecule has 1 aromatic rings. The molecule has 124 valence electrons. The highest BCUT2D eigenvalue weighted by Crippen LogP contribution is 2.29. The molecular weight excluding hydrogens is 279 g/mol. The molecule has 0 spiro atoms. The Balaban J connectivity index is 0.000000235. The monoisotopic (exact) mass is 308 g/mol. The predicted molar refractivity (Wildman–Crippen MR) is 88.3 cm³/mol. The fourth-order valence-corrected chi connectivity index (χ4v) is 2.78. The van der Waals surface area contributed by atoms with Crippen molar-refractivity contribution in [2.45, 2.75) is 72.3 Å². The van der Waals surface area contributed by atoms with Crippen LogP contribution < -0.4 is 0 Å². The Labute approximate surface area is 134 Å². The first-order valence-corrected chi connectivity index (χ1v) is 8.34. The molecule has 1 aromatic carbocycles. The van der Waals surface area contributed by atoms with E-state index in [0.29, 0.717) is 6.42 Å². The lowest BCUT2D eigenvalue weighted by molar-refractivity contribution is -0.148. The van der Waals surface area contributed by atoms with Gasteiger partial charge in [0.25, 0.3) is 0 Å². The van der Waals surface area contributed by atoms with E-state index in [2.05, 4.69) is 0 Å². The Morgan fingerprint density at radius 2 is 1.91 bits per heavy atom. The highest BCUT2D eigenvalue weighted by molar-refractivity contribution is 5.69. The van der Waals surface area contributed by atoms with E-state index in [9.17, 15) is 9.18 Å². The van der Waals surface area contributed by atoms with Crippen LogP contribution in [-0.2, 0) is 9.53 Å². The molecule has 1 atom stereocenters. The first kappa shape index (κ1) is 18.7. The summed E-state index contributed by atoms with van der Waals surface area (Å²) in [4.78, 5) is 11.0. The molecule has 22 heavy (non-hydrogen) atoms. The van der Waals surface area contributed by atoms with Crippen molar-refractivity contribution in [3.63, 3.8) is 0 Å². The summed E-state index contributed by atoms with van der Waals surface area (Å²) in [5, 5.41) is 0. The molecular formula is C19H29FO2. The average Bonchev–Trinajstić information content (AvgIpc) is 2.96. The minimum atomic E-state index is -0.155. The quantitative estimate of drug-likeness (QED) is 0.701. The molecule has 1 saturated carbocycles. The minimum absolute atomic E-state index is 0.0644. The van der Waals surface area contributed by atoms with Gasteiger partial charge in [-0.1, -0.05) is 38.7 Å². The SMILES string of the molecule is CCC(=O)OC(C)CC1CCCC1.Cc1ccc(F)cc1C. The zero-order chi connectivity index (χ0) is 16.5. The van der Waals surface area contributed by atoms with Crippen molar-refractivity contribution in [1.82, 2.24) is 0 Å². The first-order valence-electron chi connectivity index (χ1n) is 8.34. The number of benzene rings is 1. The van der Waals surface area contributed by atoms with Crippen LogP contribution in [0.2, 0.25) is 0 Å². The molecule has 3 heteroatoms. The third kappa shape index (κ3) is 7.06. The van der Waals surface area contributed by atoms with Gasteiger partial charge in [-0.2, -0.15) is 0 Å². The summed E-state index contributed by atoms with van der Waals surface area (Å²) in [6, 6.07) is 4.79. The molecule has 0 bridgehead atoms. The number of rotatable bonds is 4. The van der Waals surface area contributed by atoms with Crippen LogP contribution in [0.5, 0.6) is 0 Å². The number of esters is 1. The maximum atomic E-state index is 12.3. The molecule has 0 radical (unpaired) electrons. The Morgan fingerprint density at radius 1 is 1.27 bits per heavy atom. The molecule has 0 amide bonds. The van der Waals surface area contributed by atoms with E-state index >= 15 is 0 Å². The molecule has 1 fully saturated rings. The molecule has 2 nitrogen and oxygen atoms in total. The number of aryl methyl sites for hydroxylation is 2. The van der Waals surface area contributed by atoms with Gasteiger partial charge < -0.3 is 4.74 Å². The lowest BCUT2D eigenvalue weighted by Gasteiger charge is -2.16. The standard InChI is InChI=1S/C11H20O2.C8H9F/c1-3-11(12)13-9(2)8-10-6-4-5-7-10;1-6-3-4-8(9)5-7(6)2/h9-10H,3-8H2,1-2H3;3-5H,1-2H3. The van der Waals surface area contributed by atoms with Gasteiger partial charge in [0.1, 0.15) is 5.82 Å². The van der Waals surface area contributed by atoms with Crippen LogP contribution in [-0.4, -0.2) is 12.1 Å². The Kier molecular flexibility index (Phi) is 8.15. The number of hydrogen-bond acceptors (Lipinski definition) is 2. The van der Waals surface area contributed by atoms with E-state index < -0.39 is 0 Å². The predicted octanol–water partition coefficient (Wildman–Crippen LogP) is 5.35. The smallest absolute Gasteiger partial charge is 0.305 e. The summed E-state index contributed by atoms with van der Waals surface area (Å²) in [6.07, 6.45) is 7.05. The summed E-state index contributed by atoms with van der Waals surface area (Å²) in [7, 11) is 0. The van der Waals surface area contributed by atoms with E-state index in [0.717, 1.165) is 23.5 Å². The van der Waals surface area contributed by atoms with Gasteiger partial charge in [0.2, 0.25) is 0 Å². The molecule has 0 aromatic heterocycles. The lowest BCUT2D eigenvalue weighted by Crippen LogP contribution is -2.16. The highest BCUT2D eigenvalue weighted by atomic mass is 19.1. The van der Waals surface area contributed by atoms with E-state index in [4.69, 9.17) is 4.74 Å². The second-order valence-electron chi connectivity index (χ2n) is 6.27. The Hall–Kier alpha value is -1.38. The molecule has 1 unspecified atom stereocenters. The Morgan fingerprint density at radius 3 is 2.41 bits per heavy atom. The summed E-state index contributed by atoms with van der Waals surface area (Å²) in [5.41, 5.74) is 2.14. The first-order chi connectivity index (χ1) is 10.4. The molecule has 2 rings (SSSR count). The van der Waals surface area contributed by atoms with Gasteiger partial charge in [-0.05, 0) is 56.4 Å². The molecule has 1 aliphatic carbocycles. The van der Waals surface area contributed by atoms with Crippen molar-refractivity contribution in [2.75, 3.05) is 0 Å². The van der Waals surface area contributed by atoms with Crippen molar-refractivity contribution < 1.29 is 13.9 Å². The third-order valence-electron chi connectivity index (χ3n) is 4.23. The van der Waals surface area contributed by atoms with Crippen molar-refractivity contribution in [1.29, 1.82) is 0 Å². The second kappa shape index (κ2) is 9.60. The van der Waals surface area contributed by atoms with Gasteiger partial charge in [-0.25, -0.2) is 4.39 Å². The van der Waals surface area contributed by atoms with Crippen LogP contribution in [0, 0.1) is 25.6 Å². The number of halogens is 1. The van der Waals surface area contributed by atoms with Crippen molar-refractivity contribution in [3.8, 4) is 0 Å². The topological polar surface area (TPSA) is 26.3 Å². The van der Waals surface area contributed by atoms with E-state index in [1.54, 1.807) is 6.07 Å². The van der Waals surface area contributed by atoms with Gasteiger partial charge in [-0.15, -0.1) is 0 Å². The molecule has 0 saturated heterocycles. The van der Waals surface area contributed by atoms with Gasteiger partial charge in [0.15, 0.2) is 0 Å². The molecule has 1 aliphatic rings. The summed E-state index contributed by atoms with van der Waals surface area (Å²) < 4.78 is 17.6. The van der Waals surface area contributed by atoms with Crippen LogP contribution in [0.25, 0.3) is 0 Å². The number of carbonyl (C=O) groups is 1. The number of hydrogen-bond donors (Lipinski definition) is 0. The normalized spacial score (nSPS) is 15.9. The summed E-state index contributed by atoms with van der Waals surface area (Å²) >= 11 is 0. The maximum Gasteiger partial charge on any atom is 0.305 e. The van der Waals surface area contributed by atoms with Gasteiger partial charge >= 0.3 is 5.97 Å². The van der Waals surface area contributed by atoms with Gasteiger partial charge in [0.05, 0.1) is 6.10 Å². The van der Waals surface area contributed by atoms with E-state index in [-0.39, 0.29) is 17.9 Å². The van der Waals surface area contributed by atoms with Crippen LogP contribution in [0.4, 0.5) is 4.39 Å². The summed E-state index contributed by atoms with van der Waals surface area (Å²) in [5.74, 6) is 0.586. The number of carbonyl (C=O) groups excluding carboxylic acids is 1. The Bertz CT molecular complexity index is 465. The number of ether oxygens (including phenoxy) is 1. The zero-order valence-electron chi connectivity index (χ0n) is 14.3. The molecule has 0 N–H and O–H groups in total. The zero-order valence-corrected chi connectivity index (χ0v) is 14.3. The van der Waals surface area contributed by atoms with Crippen molar-refractivity contribution in [2.24, 2.45) is 5.92 Å². The largest absolute Gasteiger partial charge is 0.463 e. The van der Waals surface area contributed by atoms with Crippen molar-refractivity contribution >= 4 is 5.97 Å². The van der Waals surface area contributed by atoms with Crippen molar-refractivity contribution in [3.05, 3.63) is 35.1 Å². The van der Waals surface area contributed by atoms with E-state index in [1.807, 2.05) is 27.7 Å². The third-order valence-corrected chi connectivity index (χ3v) is 4.23. The van der Waals surface area contributed by atoms with Gasteiger partial charge in [-0.3, -0.25) is 4.79 Å². The van der Waals surface area contributed by atoms with E-state index in [1.165, 1.54) is 37.8 Å². The fraction of sp³-hybridized carbons (Fsp3) is 0.632. The summed E-state index contributed by atoms with van der Waals surface area (Å²) in [6.45, 7) is 7.71.